The predicted octanol–water partition coefficient (Wildman–Crippen LogP) is 0.244. The molecule has 4 heteroatoms. The van der Waals surface area contributed by atoms with Gasteiger partial charge in [-0.3, -0.25) is 0 Å². The smallest absolute Gasteiger partial charge is 0.261 e. The number of halogens is 2. The Bertz CT molecular complexity index is 25.5. The third-order valence-electron chi connectivity index (χ3n) is 0.138. The van der Waals surface area contributed by atoms with E-state index in [1.807, 2.05) is 0 Å². The van der Waals surface area contributed by atoms with E-state index < -0.39 is 13.0 Å². The van der Waals surface area contributed by atoms with E-state index in [9.17, 15) is 8.78 Å². The third kappa shape index (κ3) is 13.9. The van der Waals surface area contributed by atoms with Crippen molar-refractivity contribution in [2.24, 2.45) is 0 Å². The molecule has 0 spiro atoms. The Kier molecular flexibility index (Phi) is 5.63. The van der Waals surface area contributed by atoms with Gasteiger partial charge in [-0.15, -0.1) is 0 Å². The van der Waals surface area contributed by atoms with Gasteiger partial charge >= 0.3 is 0 Å². The molecule has 0 aliphatic rings. The van der Waals surface area contributed by atoms with Gasteiger partial charge in [0.2, 0.25) is 0 Å². The van der Waals surface area contributed by atoms with Crippen LogP contribution in [0.2, 0.25) is 0 Å². The molecule has 0 amide bonds. The Morgan fingerprint density at radius 1 is 1.50 bits per heavy atom. The van der Waals surface area contributed by atoms with Crippen LogP contribution in [0.25, 0.3) is 0 Å². The summed E-state index contributed by atoms with van der Waals surface area (Å²) in [6, 6.07) is 0. The molecule has 1 N–H and O–H groups in total. The molecule has 0 saturated heterocycles. The first kappa shape index (κ1) is 8.84. The van der Waals surface area contributed by atoms with Crippen LogP contribution < -0.4 is 0 Å². The van der Waals surface area contributed by atoms with Gasteiger partial charge in [0.25, 0.3) is 6.43 Å². The van der Waals surface area contributed by atoms with E-state index in [4.69, 9.17) is 5.11 Å². The standard InChI is InChI=1S/C2H4F2O.Rf/c3-2(4)1-5;/h2,5H,1H2;. The average Bonchev–Trinajstić information content (AvgIpc) is 1.38. The molecular weight excluding hydrogens is 345 g/mol. The van der Waals surface area contributed by atoms with E-state index in [1.165, 1.54) is 0 Å². The molecule has 34 valence electrons. The quantitative estimate of drug-likeness (QED) is 0.720. The van der Waals surface area contributed by atoms with Gasteiger partial charge in [0.1, 0.15) is 6.61 Å². The molecule has 0 aliphatic carbocycles. The van der Waals surface area contributed by atoms with Crippen molar-refractivity contribution in [3.8, 4) is 0 Å². The second-order valence-corrected chi connectivity index (χ2v) is 0.574. The maximum atomic E-state index is 10.5. The molecule has 0 aromatic carbocycles. The minimum Gasteiger partial charge on any atom is -0.390 e. The molecule has 6 heavy (non-hydrogen) atoms. The maximum absolute atomic E-state index is 10.5. The minimum absolute atomic E-state index is 0. The number of rotatable bonds is 1. The fourth-order valence-electron chi connectivity index (χ4n) is 0. The first-order chi connectivity index (χ1) is 2.27. The zero-order chi connectivity index (χ0) is 4.28. The van der Waals surface area contributed by atoms with E-state index in [-0.39, 0.29) is 0 Å². The van der Waals surface area contributed by atoms with Crippen LogP contribution in [0.1, 0.15) is 0 Å². The van der Waals surface area contributed by atoms with Gasteiger partial charge in [-0.25, -0.2) is 8.78 Å². The van der Waals surface area contributed by atoms with Crippen molar-refractivity contribution in [3.05, 3.63) is 0 Å². The molecule has 0 atom stereocenters. The molecule has 1 nitrogen and oxygen atoms in total. The summed E-state index contributed by atoms with van der Waals surface area (Å²) >= 11 is 0. The molecular formula is C2H4F2ORf. The number of hydrogen-bond donors (Lipinski definition) is 1. The van der Waals surface area contributed by atoms with E-state index in [0.717, 1.165) is 0 Å². The van der Waals surface area contributed by atoms with E-state index in [2.05, 4.69) is 0 Å². The fraction of sp³-hybridized carbons (Fsp3) is 1.00. The molecule has 0 aliphatic heterocycles. The van der Waals surface area contributed by atoms with Crippen molar-refractivity contribution in [1.82, 2.24) is 0 Å². The molecule has 0 rings (SSSR count). The van der Waals surface area contributed by atoms with Crippen molar-refractivity contribution < 1.29 is 13.9 Å². The van der Waals surface area contributed by atoms with Crippen LogP contribution >= 0.6 is 0 Å². The van der Waals surface area contributed by atoms with E-state index in [0.29, 0.717) is 0 Å². The number of aliphatic hydroxyl groups excluding tert-OH is 1. The molecule has 0 fully saturated rings. The second-order valence-electron chi connectivity index (χ2n) is 0.574. The van der Waals surface area contributed by atoms with Gasteiger partial charge in [-0.2, -0.15) is 0 Å². The number of aliphatic hydroxyl groups is 1. The van der Waals surface area contributed by atoms with Gasteiger partial charge in [0, 0.05) is 0 Å². The Labute approximate surface area is 28.2 Å². The summed E-state index contributed by atoms with van der Waals surface area (Å²) in [5.41, 5.74) is 0. The maximum Gasteiger partial charge on any atom is 0.261 e. The normalized spacial score (nSPS) is 8.00. The third-order valence-corrected chi connectivity index (χ3v) is 0.138. The molecule has 0 heterocycles. The van der Waals surface area contributed by atoms with Crippen LogP contribution in [0, 0.1) is 0 Å². The van der Waals surface area contributed by atoms with Crippen LogP contribution in [0.5, 0.6) is 0 Å². The van der Waals surface area contributed by atoms with Crippen molar-refractivity contribution in [3.63, 3.8) is 0 Å². The Morgan fingerprint density at radius 2 is 1.67 bits per heavy atom. The zero-order valence-electron chi connectivity index (χ0n) is 3.19. The van der Waals surface area contributed by atoms with Gasteiger partial charge < -0.3 is 5.11 Å². The molecule has 0 radical (unpaired) electrons. The van der Waals surface area contributed by atoms with Crippen LogP contribution in [0.4, 0.5) is 8.78 Å². The summed E-state index contributed by atoms with van der Waals surface area (Å²) in [4.78, 5) is 0. The monoisotopic (exact) mass is 349 g/mol. The Hall–Kier alpha value is -1.18. The van der Waals surface area contributed by atoms with E-state index in [1.54, 1.807) is 0 Å². The van der Waals surface area contributed by atoms with Crippen LogP contribution in [0.15, 0.2) is 0 Å². The van der Waals surface area contributed by atoms with Crippen molar-refractivity contribution in [2.75, 3.05) is 6.61 Å². The summed E-state index contributed by atoms with van der Waals surface area (Å²) in [5, 5.41) is 7.39. The Balaban J connectivity index is 0. The predicted molar refractivity (Wildman–Crippen MR) is 13.1 cm³/mol. The van der Waals surface area contributed by atoms with Gasteiger partial charge in [-0.05, 0) is 0 Å². The molecule has 0 aromatic heterocycles. The molecule has 0 aromatic rings. The summed E-state index contributed by atoms with van der Waals surface area (Å²) in [5.74, 6) is 0. The van der Waals surface area contributed by atoms with Crippen molar-refractivity contribution in [2.45, 2.75) is 6.43 Å². The zero-order valence-corrected chi connectivity index (χ0v) is 9.59. The van der Waals surface area contributed by atoms with Crippen LogP contribution in [0.3, 0.4) is 0 Å². The summed E-state index contributed by atoms with van der Waals surface area (Å²) < 4.78 is 21.0. The van der Waals surface area contributed by atoms with Gasteiger partial charge in [-0.1, -0.05) is 0 Å². The largest absolute Gasteiger partial charge is 0.390 e. The Morgan fingerprint density at radius 3 is 1.67 bits per heavy atom. The van der Waals surface area contributed by atoms with Crippen LogP contribution in [-0.2, 0) is 0 Å². The first-order valence-corrected chi connectivity index (χ1v) is 1.16. The van der Waals surface area contributed by atoms with E-state index >= 15 is 0 Å². The molecule has 0 saturated carbocycles. The SMILES string of the molecule is OCC(F)F.[Rf]. The molecule has 0 unspecified atom stereocenters. The van der Waals surface area contributed by atoms with Crippen molar-refractivity contribution >= 4 is 0 Å². The number of alkyl halides is 2. The topological polar surface area (TPSA) is 20.2 Å². The van der Waals surface area contributed by atoms with Crippen molar-refractivity contribution in [1.29, 1.82) is 0 Å². The summed E-state index contributed by atoms with van der Waals surface area (Å²) in [6.07, 6.45) is -2.56. The summed E-state index contributed by atoms with van der Waals surface area (Å²) in [6.45, 7) is -1.03. The average molecular weight is 349 g/mol. The van der Waals surface area contributed by atoms with Gasteiger partial charge in [0.05, 0.1) is 0 Å². The van der Waals surface area contributed by atoms with Crippen LogP contribution in [-0.4, -0.2) is 18.1 Å². The minimum atomic E-state index is -2.56. The molecule has 0 bridgehead atoms. The first-order valence-electron chi connectivity index (χ1n) is 1.16. The number of hydrogen-bond acceptors (Lipinski definition) is 1. The summed E-state index contributed by atoms with van der Waals surface area (Å²) in [7, 11) is 0. The van der Waals surface area contributed by atoms with Gasteiger partial charge in [0.15, 0.2) is 0 Å². The fourth-order valence-corrected chi connectivity index (χ4v) is 0. The second kappa shape index (κ2) is 3.82.